The first kappa shape index (κ1) is 10.4. The van der Waals surface area contributed by atoms with Crippen LogP contribution >= 0.6 is 12.4 Å². The maximum Gasteiger partial charge on any atom is 0.122 e. The highest BCUT2D eigenvalue weighted by Gasteiger charge is 2.11. The number of benzene rings is 1. The van der Waals surface area contributed by atoms with Crippen LogP contribution < -0.4 is 10.5 Å². The lowest BCUT2D eigenvalue weighted by Gasteiger charge is -2.02. The van der Waals surface area contributed by atoms with Crippen LogP contribution in [0.1, 0.15) is 11.1 Å². The first-order chi connectivity index (χ1) is 5.90. The van der Waals surface area contributed by atoms with Crippen LogP contribution in [0.15, 0.2) is 18.2 Å². The van der Waals surface area contributed by atoms with Crippen LogP contribution in [0.3, 0.4) is 0 Å². The number of hydrogen-bond donors (Lipinski definition) is 1. The van der Waals surface area contributed by atoms with Gasteiger partial charge >= 0.3 is 0 Å². The minimum atomic E-state index is 0. The van der Waals surface area contributed by atoms with Gasteiger partial charge in [-0.1, -0.05) is 12.1 Å². The smallest absolute Gasteiger partial charge is 0.122 e. The summed E-state index contributed by atoms with van der Waals surface area (Å²) in [5.41, 5.74) is 8.07. The summed E-state index contributed by atoms with van der Waals surface area (Å²) in [6, 6.07) is 6.39. The molecule has 0 atom stereocenters. The van der Waals surface area contributed by atoms with Crippen LogP contribution in [0.5, 0.6) is 5.75 Å². The monoisotopic (exact) mass is 199 g/mol. The standard InChI is InChI=1S/C10H13NO.ClH/c11-5-3-8-1-2-9-4-6-12-10(9)7-8;/h1-2,7H,3-6,11H2;1H. The van der Waals surface area contributed by atoms with Gasteiger partial charge in [0.1, 0.15) is 5.75 Å². The van der Waals surface area contributed by atoms with Crippen LogP contribution in [0, 0.1) is 0 Å². The summed E-state index contributed by atoms with van der Waals surface area (Å²) >= 11 is 0. The molecule has 1 heterocycles. The van der Waals surface area contributed by atoms with Gasteiger partial charge in [-0.15, -0.1) is 12.4 Å². The molecule has 3 heteroatoms. The zero-order valence-electron chi connectivity index (χ0n) is 7.45. The van der Waals surface area contributed by atoms with Gasteiger partial charge in [-0.25, -0.2) is 0 Å². The molecule has 0 radical (unpaired) electrons. The van der Waals surface area contributed by atoms with Crippen molar-refractivity contribution in [3.05, 3.63) is 29.3 Å². The Bertz CT molecular complexity index is 288. The average Bonchev–Trinajstić information content (AvgIpc) is 2.51. The molecule has 0 spiro atoms. The molecule has 0 bridgehead atoms. The lowest BCUT2D eigenvalue weighted by Crippen LogP contribution is -2.02. The summed E-state index contributed by atoms with van der Waals surface area (Å²) in [7, 11) is 0. The molecule has 0 fully saturated rings. The summed E-state index contributed by atoms with van der Waals surface area (Å²) < 4.78 is 5.44. The number of hydrogen-bond acceptors (Lipinski definition) is 2. The Kier molecular flexibility index (Phi) is 3.58. The van der Waals surface area contributed by atoms with Crippen LogP contribution in [0.4, 0.5) is 0 Å². The van der Waals surface area contributed by atoms with Crippen molar-refractivity contribution in [2.45, 2.75) is 12.8 Å². The predicted molar refractivity (Wildman–Crippen MR) is 55.6 cm³/mol. The molecule has 0 unspecified atom stereocenters. The van der Waals surface area contributed by atoms with Gasteiger partial charge in [0.2, 0.25) is 0 Å². The molecule has 0 aliphatic carbocycles. The maximum absolute atomic E-state index is 5.46. The first-order valence-corrected chi connectivity index (χ1v) is 4.35. The van der Waals surface area contributed by atoms with Gasteiger partial charge in [0, 0.05) is 6.42 Å². The molecule has 1 aromatic carbocycles. The second-order valence-corrected chi connectivity index (χ2v) is 3.08. The van der Waals surface area contributed by atoms with E-state index >= 15 is 0 Å². The van der Waals surface area contributed by atoms with Crippen LogP contribution in [-0.2, 0) is 12.8 Å². The highest BCUT2D eigenvalue weighted by molar-refractivity contribution is 5.85. The van der Waals surface area contributed by atoms with Crippen molar-refractivity contribution in [3.63, 3.8) is 0 Å². The van der Waals surface area contributed by atoms with Crippen LogP contribution in [0.2, 0.25) is 0 Å². The molecular weight excluding hydrogens is 186 g/mol. The van der Waals surface area contributed by atoms with Gasteiger partial charge in [0.25, 0.3) is 0 Å². The topological polar surface area (TPSA) is 35.2 Å². The predicted octanol–water partition coefficient (Wildman–Crippen LogP) is 1.54. The molecule has 0 amide bonds. The molecule has 1 aromatic rings. The zero-order valence-corrected chi connectivity index (χ0v) is 8.27. The van der Waals surface area contributed by atoms with Gasteiger partial charge in [-0.2, -0.15) is 0 Å². The molecule has 2 N–H and O–H groups in total. The summed E-state index contributed by atoms with van der Waals surface area (Å²) in [6.45, 7) is 1.54. The fourth-order valence-corrected chi connectivity index (χ4v) is 1.53. The second kappa shape index (κ2) is 4.49. The maximum atomic E-state index is 5.46. The normalized spacial score (nSPS) is 13.0. The van der Waals surface area contributed by atoms with Crippen LogP contribution in [-0.4, -0.2) is 13.2 Å². The molecule has 2 rings (SSSR count). The first-order valence-electron chi connectivity index (χ1n) is 4.35. The van der Waals surface area contributed by atoms with Crippen molar-refractivity contribution in [2.24, 2.45) is 5.73 Å². The third-order valence-corrected chi connectivity index (χ3v) is 2.19. The second-order valence-electron chi connectivity index (χ2n) is 3.08. The zero-order chi connectivity index (χ0) is 8.39. The molecular formula is C10H14ClNO. The minimum Gasteiger partial charge on any atom is -0.493 e. The molecule has 1 aliphatic rings. The van der Waals surface area contributed by atoms with E-state index in [1.807, 2.05) is 0 Å². The average molecular weight is 200 g/mol. The van der Waals surface area contributed by atoms with Crippen molar-refractivity contribution in [2.75, 3.05) is 13.2 Å². The van der Waals surface area contributed by atoms with E-state index in [1.165, 1.54) is 11.1 Å². The molecule has 0 saturated heterocycles. The van der Waals surface area contributed by atoms with E-state index in [0.29, 0.717) is 6.54 Å². The third kappa shape index (κ3) is 2.14. The number of fused-ring (bicyclic) bond motifs is 1. The van der Waals surface area contributed by atoms with Gasteiger partial charge in [-0.3, -0.25) is 0 Å². The van der Waals surface area contributed by atoms with Gasteiger partial charge < -0.3 is 10.5 Å². The molecule has 0 aromatic heterocycles. The highest BCUT2D eigenvalue weighted by Crippen LogP contribution is 2.25. The Hall–Kier alpha value is -0.730. The van der Waals surface area contributed by atoms with E-state index < -0.39 is 0 Å². The number of halogens is 1. The summed E-state index contributed by atoms with van der Waals surface area (Å²) in [4.78, 5) is 0. The lowest BCUT2D eigenvalue weighted by atomic mass is 10.1. The van der Waals surface area contributed by atoms with Crippen molar-refractivity contribution in [1.29, 1.82) is 0 Å². The minimum absolute atomic E-state index is 0. The molecule has 0 saturated carbocycles. The van der Waals surface area contributed by atoms with E-state index in [-0.39, 0.29) is 12.4 Å². The highest BCUT2D eigenvalue weighted by atomic mass is 35.5. The summed E-state index contributed by atoms with van der Waals surface area (Å²) in [5.74, 6) is 1.06. The largest absolute Gasteiger partial charge is 0.493 e. The van der Waals surface area contributed by atoms with E-state index in [2.05, 4.69) is 18.2 Å². The van der Waals surface area contributed by atoms with Crippen molar-refractivity contribution in [1.82, 2.24) is 0 Å². The van der Waals surface area contributed by atoms with Gasteiger partial charge in [-0.05, 0) is 30.2 Å². The van der Waals surface area contributed by atoms with E-state index in [4.69, 9.17) is 10.5 Å². The third-order valence-electron chi connectivity index (χ3n) is 2.19. The fraction of sp³-hybridized carbons (Fsp3) is 0.400. The van der Waals surface area contributed by atoms with E-state index in [9.17, 15) is 0 Å². The van der Waals surface area contributed by atoms with Crippen molar-refractivity contribution < 1.29 is 4.74 Å². The Morgan fingerprint density at radius 2 is 2.23 bits per heavy atom. The molecule has 2 nitrogen and oxygen atoms in total. The lowest BCUT2D eigenvalue weighted by molar-refractivity contribution is 0.356. The van der Waals surface area contributed by atoms with Gasteiger partial charge in [0.05, 0.1) is 6.61 Å². The summed E-state index contributed by atoms with van der Waals surface area (Å²) in [6.07, 6.45) is 1.99. The molecule has 1 aliphatic heterocycles. The van der Waals surface area contributed by atoms with Crippen molar-refractivity contribution in [3.8, 4) is 5.75 Å². The quantitative estimate of drug-likeness (QED) is 0.785. The Balaban J connectivity index is 0.000000845. The van der Waals surface area contributed by atoms with Gasteiger partial charge in [0.15, 0.2) is 0 Å². The van der Waals surface area contributed by atoms with Crippen LogP contribution in [0.25, 0.3) is 0 Å². The van der Waals surface area contributed by atoms with E-state index in [1.54, 1.807) is 0 Å². The molecule has 13 heavy (non-hydrogen) atoms. The van der Waals surface area contributed by atoms with Crippen molar-refractivity contribution >= 4 is 12.4 Å². The Labute approximate surface area is 84.5 Å². The number of ether oxygens (including phenoxy) is 1. The number of rotatable bonds is 2. The fourth-order valence-electron chi connectivity index (χ4n) is 1.53. The van der Waals surface area contributed by atoms with E-state index in [0.717, 1.165) is 25.2 Å². The Morgan fingerprint density at radius 3 is 3.00 bits per heavy atom. The number of nitrogens with two attached hydrogens (primary N) is 1. The molecule has 72 valence electrons. The summed E-state index contributed by atoms with van der Waals surface area (Å²) in [5, 5.41) is 0. The Morgan fingerprint density at radius 1 is 1.38 bits per heavy atom. The SMILES string of the molecule is Cl.NCCc1ccc2c(c1)OCC2.